The van der Waals surface area contributed by atoms with Crippen LogP contribution in [0.2, 0.25) is 0 Å². The molecule has 0 radical (unpaired) electrons. The number of carbonyl (C=O) groups is 1. The van der Waals surface area contributed by atoms with Crippen LogP contribution in [0.3, 0.4) is 0 Å². The second-order valence-corrected chi connectivity index (χ2v) is 3.31. The third-order valence-corrected chi connectivity index (χ3v) is 2.36. The van der Waals surface area contributed by atoms with Crippen molar-refractivity contribution in [2.45, 2.75) is 19.7 Å². The van der Waals surface area contributed by atoms with E-state index in [0.29, 0.717) is 0 Å². The van der Waals surface area contributed by atoms with Crippen molar-refractivity contribution in [3.05, 3.63) is 18.2 Å². The molecule has 2 heterocycles. The maximum atomic E-state index is 11.8. The molecule has 4 heteroatoms. The number of hydrogen-bond donors (Lipinski definition) is 0. The van der Waals surface area contributed by atoms with Crippen LogP contribution in [0.1, 0.15) is 27.2 Å². The molecule has 0 aliphatic carbocycles. The Morgan fingerprint density at radius 1 is 1.93 bits per heavy atom. The fourth-order valence-corrected chi connectivity index (χ4v) is 1.52. The van der Waals surface area contributed by atoms with Crippen molar-refractivity contribution >= 4 is 5.97 Å². The van der Waals surface area contributed by atoms with Gasteiger partial charge in [-0.1, -0.05) is 6.92 Å². The zero-order valence-electron chi connectivity index (χ0n) is 14.6. The molecule has 0 unspecified atom stereocenters. The molecule has 82 valence electrons. The summed E-state index contributed by atoms with van der Waals surface area (Å²) in [5, 5.41) is 0. The van der Waals surface area contributed by atoms with E-state index in [2.05, 4.69) is 4.98 Å². The zero-order chi connectivity index (χ0) is 16.2. The average molecular weight is 214 g/mol. The Hall–Kier alpha value is -1.32. The molecule has 0 amide bonds. The van der Waals surface area contributed by atoms with Gasteiger partial charge in [-0.05, 0) is 12.8 Å². The summed E-state index contributed by atoms with van der Waals surface area (Å²) in [6.07, 6.45) is -2.93. The molecule has 0 spiro atoms. The minimum Gasteiger partial charge on any atom is -0.465 e. The van der Waals surface area contributed by atoms with Crippen molar-refractivity contribution in [2.75, 3.05) is 6.61 Å². The fraction of sp³-hybridized carbons (Fsp3) is 0.636. The van der Waals surface area contributed by atoms with Gasteiger partial charge in [-0.2, -0.15) is 0 Å². The van der Waals surface area contributed by atoms with Crippen LogP contribution in [0.25, 0.3) is 0 Å². The van der Waals surface area contributed by atoms with Crippen LogP contribution in [0.15, 0.2) is 12.5 Å². The number of carbonyl (C=O) groups excluding carboxylic acids is 1. The van der Waals surface area contributed by atoms with Gasteiger partial charge in [0.15, 0.2) is 0 Å². The lowest BCUT2D eigenvalue weighted by molar-refractivity contribution is -0.141. The topological polar surface area (TPSA) is 44.1 Å². The van der Waals surface area contributed by atoms with Crippen LogP contribution in [-0.2, 0) is 23.0 Å². The maximum absolute atomic E-state index is 11.8. The van der Waals surface area contributed by atoms with Gasteiger partial charge in [-0.3, -0.25) is 4.79 Å². The third-order valence-electron chi connectivity index (χ3n) is 2.36. The molecule has 1 aliphatic rings. The third kappa shape index (κ3) is 1.89. The molecule has 1 aromatic heterocycles. The van der Waals surface area contributed by atoms with E-state index in [-0.39, 0.29) is 24.6 Å². The van der Waals surface area contributed by atoms with Crippen LogP contribution >= 0.6 is 0 Å². The smallest absolute Gasteiger partial charge is 0.309 e. The molecule has 2 atom stereocenters. The normalized spacial score (nSPS) is 42.1. The predicted octanol–water partition coefficient (Wildman–Crippen LogP) is 1.16. The molecule has 4 nitrogen and oxygen atoms in total. The van der Waals surface area contributed by atoms with Gasteiger partial charge < -0.3 is 9.30 Å². The average Bonchev–Trinajstić information content (AvgIpc) is 2.73. The van der Waals surface area contributed by atoms with Crippen LogP contribution in [-0.4, -0.2) is 22.1 Å². The molecule has 1 saturated heterocycles. The number of rotatable bonds is 3. The molecule has 2 rings (SSSR count). The first-order valence-electron chi connectivity index (χ1n) is 7.60. The van der Waals surface area contributed by atoms with E-state index in [1.54, 1.807) is 0 Å². The largest absolute Gasteiger partial charge is 0.465 e. The Bertz CT molecular complexity index is 598. The highest BCUT2D eigenvalue weighted by Gasteiger charge is 2.35. The quantitative estimate of drug-likeness (QED) is 0.709. The van der Waals surface area contributed by atoms with Crippen LogP contribution in [0.4, 0.5) is 0 Å². The SMILES string of the molecule is [2H]c1nc([2H])n(C)c1C[C@@]1([2H])COC(=O)[C@@]1([2H])C([2H])([2H])C. The molecule has 0 bridgehead atoms. The molecule has 0 N–H and O–H groups in total. The van der Waals surface area contributed by atoms with Gasteiger partial charge >= 0.3 is 5.97 Å². The first-order valence-corrected chi connectivity index (χ1v) is 4.60. The summed E-state index contributed by atoms with van der Waals surface area (Å²) >= 11 is 0. The summed E-state index contributed by atoms with van der Waals surface area (Å²) in [6, 6.07) is 0. The maximum Gasteiger partial charge on any atom is 0.309 e. The summed E-state index contributed by atoms with van der Waals surface area (Å²) in [7, 11) is 1.50. The van der Waals surface area contributed by atoms with Crippen molar-refractivity contribution in [3.8, 4) is 0 Å². The molecular weight excluding hydrogens is 192 g/mol. The first-order chi connectivity index (χ1) is 9.44. The number of aromatic nitrogens is 2. The Morgan fingerprint density at radius 3 is 3.33 bits per heavy atom. The second-order valence-electron chi connectivity index (χ2n) is 3.31. The Balaban J connectivity index is 2.49. The zero-order valence-corrected chi connectivity index (χ0v) is 8.63. The van der Waals surface area contributed by atoms with Crippen molar-refractivity contribution in [3.63, 3.8) is 0 Å². The summed E-state index contributed by atoms with van der Waals surface area (Å²) in [5.74, 6) is -5.37. The highest BCUT2D eigenvalue weighted by molar-refractivity contribution is 5.74. The van der Waals surface area contributed by atoms with Gasteiger partial charge in [0.25, 0.3) is 0 Å². The van der Waals surface area contributed by atoms with Gasteiger partial charge in [0, 0.05) is 30.3 Å². The number of ether oxygens (including phenoxy) is 1. The molecule has 0 saturated carbocycles. The lowest BCUT2D eigenvalue weighted by Crippen LogP contribution is -2.18. The Kier molecular flexibility index (Phi) is 1.39. The van der Waals surface area contributed by atoms with Gasteiger partial charge in [-0.15, -0.1) is 0 Å². The lowest BCUT2D eigenvalue weighted by atomic mass is 9.89. The highest BCUT2D eigenvalue weighted by Crippen LogP contribution is 2.27. The van der Waals surface area contributed by atoms with Gasteiger partial charge in [0.05, 0.1) is 20.2 Å². The van der Waals surface area contributed by atoms with Crippen molar-refractivity contribution < 1.29 is 17.8 Å². The predicted molar refractivity (Wildman–Crippen MR) is 55.1 cm³/mol. The van der Waals surface area contributed by atoms with E-state index in [9.17, 15) is 4.79 Å². The fourth-order valence-electron chi connectivity index (χ4n) is 1.52. The van der Waals surface area contributed by atoms with E-state index < -0.39 is 30.7 Å². The molecule has 1 aliphatic heterocycles. The first kappa shape index (κ1) is 5.14. The Labute approximate surface area is 97.7 Å². The highest BCUT2D eigenvalue weighted by atomic mass is 16.5. The number of esters is 1. The van der Waals surface area contributed by atoms with E-state index in [0.717, 1.165) is 6.92 Å². The second kappa shape index (κ2) is 4.04. The summed E-state index contributed by atoms with van der Waals surface area (Å²) < 4.78 is 53.4. The van der Waals surface area contributed by atoms with E-state index in [1.165, 1.54) is 11.6 Å². The minimum atomic E-state index is -2.40. The van der Waals surface area contributed by atoms with Crippen LogP contribution < -0.4 is 0 Å². The number of hydrogen-bond acceptors (Lipinski definition) is 3. The van der Waals surface area contributed by atoms with Crippen molar-refractivity contribution in [1.29, 1.82) is 0 Å². The summed E-state index contributed by atoms with van der Waals surface area (Å²) in [4.78, 5) is 15.5. The van der Waals surface area contributed by atoms with Crippen LogP contribution in [0.5, 0.6) is 0 Å². The Morgan fingerprint density at radius 2 is 2.73 bits per heavy atom. The summed E-state index contributed by atoms with van der Waals surface area (Å²) in [6.45, 7) is 0.636. The van der Waals surface area contributed by atoms with Crippen molar-refractivity contribution in [1.82, 2.24) is 9.55 Å². The molecule has 1 aromatic rings. The monoisotopic (exact) mass is 214 g/mol. The molecule has 15 heavy (non-hydrogen) atoms. The van der Waals surface area contributed by atoms with Gasteiger partial charge in [0.1, 0.15) is 1.37 Å². The van der Waals surface area contributed by atoms with E-state index >= 15 is 0 Å². The standard InChI is InChI=1S/C11H16N2O2/c1-3-10-8(6-15-11(10)14)4-9-5-12-7-13(9)2/h5,7-8,10H,3-4,6H2,1-2H3/t8-,10-/m0/s1/i3D2,5D,7D,8D,10D. The number of nitrogens with zero attached hydrogens (tertiary/aromatic N) is 2. The lowest BCUT2D eigenvalue weighted by Gasteiger charge is -2.12. The molecule has 1 fully saturated rings. The summed E-state index contributed by atoms with van der Waals surface area (Å²) in [5.41, 5.74) is 0.203. The van der Waals surface area contributed by atoms with E-state index in [1.807, 2.05) is 0 Å². The molecular formula is C11H16N2O2. The van der Waals surface area contributed by atoms with Crippen LogP contribution in [0, 0.1) is 11.8 Å². The molecule has 0 aromatic carbocycles. The van der Waals surface area contributed by atoms with Gasteiger partial charge in [-0.25, -0.2) is 4.98 Å². The van der Waals surface area contributed by atoms with Crippen molar-refractivity contribution in [2.24, 2.45) is 18.8 Å². The van der Waals surface area contributed by atoms with Gasteiger partial charge in [0.2, 0.25) is 0 Å². The number of cyclic esters (lactones) is 1. The number of imidazole rings is 1. The minimum absolute atomic E-state index is 0.168. The van der Waals surface area contributed by atoms with E-state index in [4.69, 9.17) is 13.0 Å².